The Labute approximate surface area is 203 Å². The zero-order chi connectivity index (χ0) is 24.8. The van der Waals surface area contributed by atoms with Crippen LogP contribution in [-0.2, 0) is 9.53 Å². The highest BCUT2D eigenvalue weighted by atomic mass is 16.6. The van der Waals surface area contributed by atoms with Crippen molar-refractivity contribution >= 4 is 17.6 Å². The van der Waals surface area contributed by atoms with Gasteiger partial charge in [-0.05, 0) is 51.4 Å². The summed E-state index contributed by atoms with van der Waals surface area (Å²) >= 11 is 0. The van der Waals surface area contributed by atoms with E-state index in [0.29, 0.717) is 23.6 Å². The van der Waals surface area contributed by atoms with Gasteiger partial charge in [-0.15, -0.1) is 0 Å². The van der Waals surface area contributed by atoms with Crippen molar-refractivity contribution in [2.24, 2.45) is 4.99 Å². The zero-order valence-electron chi connectivity index (χ0n) is 20.0. The van der Waals surface area contributed by atoms with Crippen molar-refractivity contribution in [3.8, 4) is 0 Å². The summed E-state index contributed by atoms with van der Waals surface area (Å²) in [6, 6.07) is 3.93. The molecule has 0 spiro atoms. The van der Waals surface area contributed by atoms with Crippen LogP contribution in [0.25, 0.3) is 0 Å². The maximum Gasteiger partial charge on any atom is 0.336 e. The molecule has 4 heterocycles. The molecule has 2 aliphatic heterocycles. The molecule has 2 aromatic rings. The molecule has 35 heavy (non-hydrogen) atoms. The van der Waals surface area contributed by atoms with Gasteiger partial charge in [0.15, 0.2) is 0 Å². The van der Waals surface area contributed by atoms with Crippen molar-refractivity contribution in [1.82, 2.24) is 14.9 Å². The lowest BCUT2D eigenvalue weighted by molar-refractivity contribution is -0.506. The van der Waals surface area contributed by atoms with E-state index in [1.165, 1.54) is 6.26 Å². The molecule has 2 atom stereocenters. The number of unbranched alkanes of at least 4 members (excludes halogenated alkanes) is 1. The van der Waals surface area contributed by atoms with E-state index < -0.39 is 22.9 Å². The number of aliphatic imine (C=N–C) groups is 1. The number of aromatic nitrogens is 2. The Morgan fingerprint density at radius 3 is 2.57 bits per heavy atom. The lowest BCUT2D eigenvalue weighted by atomic mass is 9.83. The third-order valence-corrected chi connectivity index (χ3v) is 6.39. The molecule has 0 radical (unpaired) electrons. The van der Waals surface area contributed by atoms with Crippen LogP contribution in [-0.4, -0.2) is 76.8 Å². The van der Waals surface area contributed by atoms with Gasteiger partial charge in [-0.1, -0.05) is 0 Å². The quantitative estimate of drug-likeness (QED) is 0.229. The first-order valence-electron chi connectivity index (χ1n) is 11.8. The number of hydrogen-bond acceptors (Lipinski definition) is 10. The van der Waals surface area contributed by atoms with E-state index in [9.17, 15) is 14.9 Å². The summed E-state index contributed by atoms with van der Waals surface area (Å²) in [5.41, 5.74) is 0.947. The maximum absolute atomic E-state index is 13.0. The van der Waals surface area contributed by atoms with Gasteiger partial charge in [0, 0.05) is 49.2 Å². The second kappa shape index (κ2) is 11.2. The third-order valence-electron chi connectivity index (χ3n) is 6.39. The van der Waals surface area contributed by atoms with E-state index in [-0.39, 0.29) is 12.2 Å². The molecule has 0 N–H and O–H groups in total. The van der Waals surface area contributed by atoms with Gasteiger partial charge in [-0.2, -0.15) is 0 Å². The van der Waals surface area contributed by atoms with Crippen molar-refractivity contribution in [2.75, 3.05) is 44.2 Å². The van der Waals surface area contributed by atoms with E-state index in [0.717, 1.165) is 45.1 Å². The van der Waals surface area contributed by atoms with Gasteiger partial charge in [0.05, 0.1) is 24.2 Å². The Bertz CT molecular complexity index is 1080. The summed E-state index contributed by atoms with van der Waals surface area (Å²) in [5.74, 6) is -0.330. The second-order valence-corrected chi connectivity index (χ2v) is 8.70. The number of hydrogen-bond donors (Lipinski definition) is 0. The van der Waals surface area contributed by atoms with Crippen LogP contribution in [0.15, 0.2) is 57.5 Å². The number of esters is 1. The summed E-state index contributed by atoms with van der Waals surface area (Å²) in [7, 11) is 0. The van der Waals surface area contributed by atoms with Crippen LogP contribution in [0.1, 0.15) is 38.4 Å². The molecule has 11 nitrogen and oxygen atoms in total. The van der Waals surface area contributed by atoms with E-state index in [4.69, 9.17) is 9.15 Å². The predicted octanol–water partition coefficient (Wildman–Crippen LogP) is 2.69. The molecule has 0 aromatic carbocycles. The van der Waals surface area contributed by atoms with Crippen LogP contribution < -0.4 is 4.90 Å². The van der Waals surface area contributed by atoms with Gasteiger partial charge in [0.25, 0.3) is 6.04 Å². The van der Waals surface area contributed by atoms with Crippen molar-refractivity contribution in [3.05, 3.63) is 64.0 Å². The van der Waals surface area contributed by atoms with Gasteiger partial charge in [-0.25, -0.2) is 14.8 Å². The summed E-state index contributed by atoms with van der Waals surface area (Å²) in [5, 5.41) is 11.8. The highest BCUT2D eigenvalue weighted by Crippen LogP contribution is 2.37. The fourth-order valence-electron chi connectivity index (χ4n) is 4.64. The lowest BCUT2D eigenvalue weighted by Gasteiger charge is -2.34. The number of carbonyl (C=O) groups excluding carboxylic acids is 1. The molecular formula is C24H30N6O5. The molecule has 2 aliphatic rings. The minimum Gasteiger partial charge on any atom is -0.468 e. The Morgan fingerprint density at radius 1 is 1.17 bits per heavy atom. The average Bonchev–Trinajstić information content (AvgIpc) is 3.39. The summed E-state index contributed by atoms with van der Waals surface area (Å²) in [4.78, 5) is 41.8. The van der Waals surface area contributed by atoms with Crippen LogP contribution >= 0.6 is 0 Å². The number of furan rings is 1. The van der Waals surface area contributed by atoms with Crippen LogP contribution in [0.3, 0.4) is 0 Å². The molecule has 0 saturated carbocycles. The second-order valence-electron chi connectivity index (χ2n) is 8.70. The molecule has 1 fully saturated rings. The first kappa shape index (κ1) is 24.5. The van der Waals surface area contributed by atoms with Crippen molar-refractivity contribution < 1.29 is 18.9 Å². The van der Waals surface area contributed by atoms with Crippen molar-refractivity contribution in [3.63, 3.8) is 0 Å². The number of allylic oxidation sites excluding steroid dienone is 1. The van der Waals surface area contributed by atoms with Crippen LogP contribution in [0.2, 0.25) is 0 Å². The summed E-state index contributed by atoms with van der Waals surface area (Å²) in [6.07, 6.45) is 6.53. The van der Waals surface area contributed by atoms with Crippen molar-refractivity contribution in [2.45, 2.75) is 38.6 Å². The number of rotatable bonds is 9. The van der Waals surface area contributed by atoms with E-state index in [2.05, 4.69) is 24.8 Å². The molecule has 0 bridgehead atoms. The van der Waals surface area contributed by atoms with Gasteiger partial charge < -0.3 is 14.1 Å². The molecule has 2 unspecified atom stereocenters. The molecule has 2 aromatic heterocycles. The Hall–Kier alpha value is -3.60. The highest BCUT2D eigenvalue weighted by Gasteiger charge is 2.46. The molecule has 186 valence electrons. The van der Waals surface area contributed by atoms with Crippen molar-refractivity contribution in [1.29, 1.82) is 0 Å². The number of piperazine rings is 1. The SMILES string of the molecule is CC1=NC(C)=C(C(=O)OCCCCN2CCN(c3ncccn3)CC2)C(c2ccco2)C1[N+](=O)[O-]. The molecular weight excluding hydrogens is 452 g/mol. The summed E-state index contributed by atoms with van der Waals surface area (Å²) < 4.78 is 11.0. The Morgan fingerprint density at radius 2 is 1.91 bits per heavy atom. The standard InChI is InChI=1S/C24H30N6O5/c1-17-20(21(19-7-5-16-34-19)22(30(32)33)18(2)27-17)23(31)35-15-4-3-10-28-11-13-29(14-12-28)24-25-8-6-9-26-24/h5-9,16,21-22H,3-4,10-15H2,1-2H3. The maximum atomic E-state index is 13.0. The zero-order valence-corrected chi connectivity index (χ0v) is 20.0. The van der Waals surface area contributed by atoms with Gasteiger partial charge in [-0.3, -0.25) is 20.0 Å². The first-order chi connectivity index (χ1) is 17.0. The molecule has 11 heteroatoms. The predicted molar refractivity (Wildman–Crippen MR) is 129 cm³/mol. The number of nitrogens with zero attached hydrogens (tertiary/aromatic N) is 6. The van der Waals surface area contributed by atoms with Gasteiger partial charge in [0.2, 0.25) is 5.95 Å². The molecule has 4 rings (SSSR count). The van der Waals surface area contributed by atoms with E-state index >= 15 is 0 Å². The lowest BCUT2D eigenvalue weighted by Crippen LogP contribution is -2.47. The number of anilines is 1. The van der Waals surface area contributed by atoms with Crippen LogP contribution in [0.4, 0.5) is 5.95 Å². The normalized spacial score (nSPS) is 21.1. The van der Waals surface area contributed by atoms with Gasteiger partial charge >= 0.3 is 5.97 Å². The number of nitro groups is 1. The highest BCUT2D eigenvalue weighted by molar-refractivity contribution is 5.98. The molecule has 0 aliphatic carbocycles. The number of carbonyl (C=O) groups is 1. The Kier molecular flexibility index (Phi) is 7.86. The molecule has 1 saturated heterocycles. The first-order valence-corrected chi connectivity index (χ1v) is 11.8. The molecule has 0 amide bonds. The number of ether oxygens (including phenoxy) is 1. The third kappa shape index (κ3) is 5.73. The summed E-state index contributed by atoms with van der Waals surface area (Å²) in [6.45, 7) is 8.02. The fourth-order valence-corrected chi connectivity index (χ4v) is 4.64. The van der Waals surface area contributed by atoms with E-state index in [1.54, 1.807) is 38.4 Å². The van der Waals surface area contributed by atoms with Crippen LogP contribution in [0, 0.1) is 10.1 Å². The largest absolute Gasteiger partial charge is 0.468 e. The Balaban J connectivity index is 1.26. The van der Waals surface area contributed by atoms with Crippen LogP contribution in [0.5, 0.6) is 0 Å². The monoisotopic (exact) mass is 482 g/mol. The van der Waals surface area contributed by atoms with Gasteiger partial charge in [0.1, 0.15) is 11.7 Å². The minimum atomic E-state index is -1.17. The fraction of sp³-hybridized carbons (Fsp3) is 0.500. The topological polar surface area (TPSA) is 127 Å². The van der Waals surface area contributed by atoms with E-state index in [1.807, 2.05) is 6.07 Å². The minimum absolute atomic E-state index is 0.187. The smallest absolute Gasteiger partial charge is 0.336 e. The average molecular weight is 483 g/mol.